The number of methoxy groups -OCH3 is 1. The van der Waals surface area contributed by atoms with Crippen LogP contribution in [0.25, 0.3) is 10.9 Å². The molecular weight excluding hydrogens is 224 g/mol. The molecule has 1 aromatic carbocycles. The van der Waals surface area contributed by atoms with Crippen molar-refractivity contribution < 1.29 is 4.74 Å². The number of nitrogens with two attached hydrogens (primary N) is 1. The Kier molecular flexibility index (Phi) is 3.62. The van der Waals surface area contributed by atoms with Crippen molar-refractivity contribution in [2.75, 3.05) is 13.7 Å². The van der Waals surface area contributed by atoms with Crippen LogP contribution in [0.1, 0.15) is 31.0 Å². The van der Waals surface area contributed by atoms with Gasteiger partial charge in [0.25, 0.3) is 0 Å². The van der Waals surface area contributed by atoms with E-state index in [1.807, 2.05) is 6.07 Å². The highest BCUT2D eigenvalue weighted by molar-refractivity contribution is 5.87. The molecule has 0 saturated carbocycles. The lowest BCUT2D eigenvalue weighted by atomic mass is 10.0. The van der Waals surface area contributed by atoms with Gasteiger partial charge in [-0.1, -0.05) is 13.8 Å². The van der Waals surface area contributed by atoms with Crippen LogP contribution in [0.2, 0.25) is 0 Å². The number of nitrogens with zero attached hydrogens (tertiary/aromatic N) is 1. The van der Waals surface area contributed by atoms with E-state index >= 15 is 0 Å². The summed E-state index contributed by atoms with van der Waals surface area (Å²) < 4.78 is 7.58. The molecule has 18 heavy (non-hydrogen) atoms. The molecule has 2 aromatic rings. The lowest BCUT2D eigenvalue weighted by Crippen LogP contribution is -2.07. The first-order valence-electron chi connectivity index (χ1n) is 6.45. The van der Waals surface area contributed by atoms with E-state index in [-0.39, 0.29) is 0 Å². The Bertz CT molecular complexity index is 555. The van der Waals surface area contributed by atoms with Crippen molar-refractivity contribution in [3.05, 3.63) is 29.5 Å². The quantitative estimate of drug-likeness (QED) is 0.901. The van der Waals surface area contributed by atoms with Crippen molar-refractivity contribution in [2.45, 2.75) is 26.2 Å². The van der Waals surface area contributed by atoms with E-state index in [1.54, 1.807) is 7.11 Å². The first kappa shape index (κ1) is 13.0. The third-order valence-electron chi connectivity index (χ3n) is 3.50. The highest BCUT2D eigenvalue weighted by Crippen LogP contribution is 2.32. The number of rotatable bonds is 4. The van der Waals surface area contributed by atoms with Gasteiger partial charge in [0.15, 0.2) is 0 Å². The molecule has 3 heteroatoms. The van der Waals surface area contributed by atoms with Gasteiger partial charge in [-0.05, 0) is 36.6 Å². The van der Waals surface area contributed by atoms with Gasteiger partial charge < -0.3 is 15.0 Å². The predicted molar refractivity (Wildman–Crippen MR) is 76.3 cm³/mol. The first-order valence-corrected chi connectivity index (χ1v) is 6.45. The zero-order chi connectivity index (χ0) is 13.3. The third kappa shape index (κ3) is 1.99. The van der Waals surface area contributed by atoms with Gasteiger partial charge in [-0.15, -0.1) is 0 Å². The van der Waals surface area contributed by atoms with Crippen LogP contribution in [0, 0.1) is 0 Å². The molecule has 0 bridgehead atoms. The summed E-state index contributed by atoms with van der Waals surface area (Å²) in [4.78, 5) is 0. The summed E-state index contributed by atoms with van der Waals surface area (Å²) in [5, 5.41) is 1.30. The monoisotopic (exact) mass is 246 g/mol. The highest BCUT2D eigenvalue weighted by Gasteiger charge is 2.17. The van der Waals surface area contributed by atoms with Crippen LogP contribution in [0.15, 0.2) is 18.2 Å². The van der Waals surface area contributed by atoms with E-state index in [9.17, 15) is 0 Å². The van der Waals surface area contributed by atoms with Crippen molar-refractivity contribution in [3.8, 4) is 5.75 Å². The number of benzene rings is 1. The summed E-state index contributed by atoms with van der Waals surface area (Å²) in [6.07, 6.45) is 0.928. The smallest absolute Gasteiger partial charge is 0.120 e. The van der Waals surface area contributed by atoms with Gasteiger partial charge in [0.05, 0.1) is 12.6 Å². The molecule has 3 nitrogen and oxygen atoms in total. The molecule has 98 valence electrons. The first-order chi connectivity index (χ1) is 8.60. The van der Waals surface area contributed by atoms with Crippen LogP contribution in [-0.4, -0.2) is 18.2 Å². The molecule has 0 unspecified atom stereocenters. The van der Waals surface area contributed by atoms with Crippen LogP contribution in [-0.2, 0) is 13.5 Å². The molecule has 1 heterocycles. The second-order valence-electron chi connectivity index (χ2n) is 5.00. The van der Waals surface area contributed by atoms with Crippen LogP contribution < -0.4 is 10.5 Å². The second kappa shape index (κ2) is 5.02. The molecule has 0 aliphatic heterocycles. The van der Waals surface area contributed by atoms with Crippen molar-refractivity contribution in [2.24, 2.45) is 12.8 Å². The van der Waals surface area contributed by atoms with Gasteiger partial charge >= 0.3 is 0 Å². The van der Waals surface area contributed by atoms with Gasteiger partial charge in [-0.3, -0.25) is 0 Å². The zero-order valence-electron chi connectivity index (χ0n) is 11.7. The van der Waals surface area contributed by atoms with E-state index in [0.717, 1.165) is 12.2 Å². The Morgan fingerprint density at radius 3 is 2.61 bits per heavy atom. The molecule has 0 aliphatic carbocycles. The van der Waals surface area contributed by atoms with E-state index in [1.165, 1.54) is 22.2 Å². The molecule has 0 amide bonds. The van der Waals surface area contributed by atoms with Gasteiger partial charge in [-0.2, -0.15) is 0 Å². The zero-order valence-corrected chi connectivity index (χ0v) is 11.7. The number of ether oxygens (including phenoxy) is 1. The van der Waals surface area contributed by atoms with Crippen molar-refractivity contribution >= 4 is 10.9 Å². The lowest BCUT2D eigenvalue weighted by Gasteiger charge is -2.10. The van der Waals surface area contributed by atoms with Gasteiger partial charge in [0.2, 0.25) is 0 Å². The van der Waals surface area contributed by atoms with Gasteiger partial charge in [0, 0.05) is 24.2 Å². The largest absolute Gasteiger partial charge is 0.497 e. The molecular formula is C15H22N2O. The normalized spacial score (nSPS) is 11.4. The van der Waals surface area contributed by atoms with Gasteiger partial charge in [-0.25, -0.2) is 0 Å². The fourth-order valence-corrected chi connectivity index (χ4v) is 2.78. The number of hydrogen-bond donors (Lipinski definition) is 1. The highest BCUT2D eigenvalue weighted by atomic mass is 16.5. The van der Waals surface area contributed by atoms with E-state index in [0.29, 0.717) is 12.5 Å². The number of aromatic nitrogens is 1. The average Bonchev–Trinajstić information content (AvgIpc) is 2.63. The fraction of sp³-hybridized carbons (Fsp3) is 0.467. The minimum Gasteiger partial charge on any atom is -0.497 e. The Labute approximate surface area is 109 Å². The van der Waals surface area contributed by atoms with E-state index in [2.05, 4.69) is 37.6 Å². The molecule has 2 N–H and O–H groups in total. The maximum atomic E-state index is 5.75. The minimum absolute atomic E-state index is 0.495. The predicted octanol–water partition coefficient (Wildman–Crippen LogP) is 2.81. The summed E-state index contributed by atoms with van der Waals surface area (Å²) in [5.74, 6) is 1.40. The van der Waals surface area contributed by atoms with E-state index in [4.69, 9.17) is 10.5 Å². The number of hydrogen-bond acceptors (Lipinski definition) is 2. The molecule has 0 saturated heterocycles. The summed E-state index contributed by atoms with van der Waals surface area (Å²) in [6, 6.07) is 6.26. The van der Waals surface area contributed by atoms with Crippen molar-refractivity contribution in [1.82, 2.24) is 4.57 Å². The molecule has 0 atom stereocenters. The molecule has 0 spiro atoms. The minimum atomic E-state index is 0.495. The lowest BCUT2D eigenvalue weighted by molar-refractivity contribution is 0.415. The van der Waals surface area contributed by atoms with Crippen LogP contribution in [0.5, 0.6) is 5.75 Å². The van der Waals surface area contributed by atoms with Crippen LogP contribution in [0.4, 0.5) is 0 Å². The Balaban J connectivity index is 2.73. The molecule has 2 rings (SSSR count). The number of fused-ring (bicyclic) bond motifs is 1. The van der Waals surface area contributed by atoms with Crippen LogP contribution in [0.3, 0.4) is 0 Å². The summed E-state index contributed by atoms with van der Waals surface area (Å²) >= 11 is 0. The standard InChI is InChI=1S/C15H22N2O/c1-10(2)15-13(7-8-16)12-6-5-11(18-4)9-14(12)17(15)3/h5-6,9-10H,7-8,16H2,1-4H3. The summed E-state index contributed by atoms with van der Waals surface area (Å²) in [5.41, 5.74) is 9.74. The van der Waals surface area contributed by atoms with Crippen LogP contribution >= 0.6 is 0 Å². The maximum Gasteiger partial charge on any atom is 0.120 e. The Hall–Kier alpha value is -1.48. The molecule has 0 radical (unpaired) electrons. The number of aryl methyl sites for hydroxylation is 1. The van der Waals surface area contributed by atoms with Gasteiger partial charge in [0.1, 0.15) is 5.75 Å². The topological polar surface area (TPSA) is 40.2 Å². The van der Waals surface area contributed by atoms with Crippen molar-refractivity contribution in [3.63, 3.8) is 0 Å². The molecule has 1 aromatic heterocycles. The summed E-state index contributed by atoms with van der Waals surface area (Å²) in [7, 11) is 3.82. The molecule has 0 aliphatic rings. The summed E-state index contributed by atoms with van der Waals surface area (Å²) in [6.45, 7) is 5.14. The Morgan fingerprint density at radius 2 is 2.06 bits per heavy atom. The SMILES string of the molecule is COc1ccc2c(CCN)c(C(C)C)n(C)c2c1. The fourth-order valence-electron chi connectivity index (χ4n) is 2.78. The van der Waals surface area contributed by atoms with Crippen molar-refractivity contribution in [1.29, 1.82) is 0 Å². The second-order valence-corrected chi connectivity index (χ2v) is 5.00. The third-order valence-corrected chi connectivity index (χ3v) is 3.50. The average molecular weight is 246 g/mol. The van der Waals surface area contributed by atoms with E-state index < -0.39 is 0 Å². The Morgan fingerprint density at radius 1 is 1.33 bits per heavy atom. The maximum absolute atomic E-state index is 5.75. The molecule has 0 fully saturated rings.